The number of nitrogens with one attached hydrogen (secondary N) is 3. The molecule has 0 bridgehead atoms. The molecule has 1 unspecified atom stereocenters. The van der Waals surface area contributed by atoms with E-state index in [0.29, 0.717) is 19.5 Å². The van der Waals surface area contributed by atoms with Crippen molar-refractivity contribution in [2.75, 3.05) is 19.6 Å². The zero-order chi connectivity index (χ0) is 12.0. The molecule has 5 N–H and O–H groups in total. The van der Waals surface area contributed by atoms with E-state index in [4.69, 9.17) is 5.73 Å². The first-order valence-electron chi connectivity index (χ1n) is 5.15. The lowest BCUT2D eigenvalue weighted by molar-refractivity contribution is -0.127. The molecule has 16 heavy (non-hydrogen) atoms. The van der Waals surface area contributed by atoms with Gasteiger partial charge in [-0.1, -0.05) is 0 Å². The topological polar surface area (TPSA) is 113 Å². The Morgan fingerprint density at radius 1 is 1.50 bits per heavy atom. The summed E-state index contributed by atoms with van der Waals surface area (Å²) in [4.78, 5) is 32.7. The van der Waals surface area contributed by atoms with E-state index in [1.165, 1.54) is 0 Å². The molecule has 0 aromatic heterocycles. The highest BCUT2D eigenvalue weighted by Gasteiger charge is 2.22. The van der Waals surface area contributed by atoms with Crippen LogP contribution in [-0.2, 0) is 14.4 Å². The molecule has 0 aliphatic carbocycles. The van der Waals surface area contributed by atoms with Gasteiger partial charge in [-0.3, -0.25) is 19.7 Å². The van der Waals surface area contributed by atoms with Gasteiger partial charge in [0.1, 0.15) is 6.04 Å². The maximum Gasteiger partial charge on any atom is 0.238 e. The van der Waals surface area contributed by atoms with E-state index in [1.807, 2.05) is 0 Å². The maximum atomic E-state index is 11.5. The van der Waals surface area contributed by atoms with E-state index < -0.39 is 6.04 Å². The zero-order valence-electron chi connectivity index (χ0n) is 8.91. The molecule has 1 aliphatic rings. The fourth-order valence-corrected chi connectivity index (χ4v) is 1.35. The third kappa shape index (κ3) is 4.26. The summed E-state index contributed by atoms with van der Waals surface area (Å²) >= 11 is 0. The summed E-state index contributed by atoms with van der Waals surface area (Å²) in [7, 11) is 0. The summed E-state index contributed by atoms with van der Waals surface area (Å²) in [5.41, 5.74) is 4.96. The monoisotopic (exact) mass is 228 g/mol. The summed E-state index contributed by atoms with van der Waals surface area (Å²) in [5, 5.41) is 8.05. The van der Waals surface area contributed by atoms with Gasteiger partial charge >= 0.3 is 0 Å². The van der Waals surface area contributed by atoms with Gasteiger partial charge in [-0.15, -0.1) is 0 Å². The van der Waals surface area contributed by atoms with Gasteiger partial charge in [0.05, 0.1) is 6.54 Å². The number of carbonyl (C=O) groups is 3. The standard InChI is InChI=1S/C9H16N4O3/c10-7(14)2-1-3-11-9(16)6-4-13-8(15)5-12-6/h6,12H,1-5H2,(H2,10,14)(H,11,16)(H,13,15). The van der Waals surface area contributed by atoms with Gasteiger partial charge < -0.3 is 16.4 Å². The Hall–Kier alpha value is -1.63. The molecule has 90 valence electrons. The van der Waals surface area contributed by atoms with Gasteiger partial charge in [0.25, 0.3) is 0 Å². The third-order valence-electron chi connectivity index (χ3n) is 2.23. The van der Waals surface area contributed by atoms with E-state index >= 15 is 0 Å². The smallest absolute Gasteiger partial charge is 0.238 e. The SMILES string of the molecule is NC(=O)CCCNC(=O)C1CNC(=O)CN1. The molecule has 1 aliphatic heterocycles. The van der Waals surface area contributed by atoms with Crippen molar-refractivity contribution < 1.29 is 14.4 Å². The summed E-state index contributed by atoms with van der Waals surface area (Å²) in [6.07, 6.45) is 0.787. The van der Waals surface area contributed by atoms with E-state index in [0.717, 1.165) is 0 Å². The fraction of sp³-hybridized carbons (Fsp3) is 0.667. The van der Waals surface area contributed by atoms with Crippen LogP contribution in [0, 0.1) is 0 Å². The van der Waals surface area contributed by atoms with E-state index in [2.05, 4.69) is 16.0 Å². The first kappa shape index (κ1) is 12.4. The third-order valence-corrected chi connectivity index (χ3v) is 2.23. The molecule has 0 aromatic rings. The molecule has 7 nitrogen and oxygen atoms in total. The van der Waals surface area contributed by atoms with Crippen molar-refractivity contribution in [2.24, 2.45) is 5.73 Å². The number of hydrogen-bond donors (Lipinski definition) is 4. The Morgan fingerprint density at radius 2 is 2.25 bits per heavy atom. The minimum absolute atomic E-state index is 0.113. The van der Waals surface area contributed by atoms with Gasteiger partial charge in [0.2, 0.25) is 17.7 Å². The Kier molecular flexibility index (Phi) is 4.71. The van der Waals surface area contributed by atoms with E-state index in [-0.39, 0.29) is 30.7 Å². The second-order valence-corrected chi connectivity index (χ2v) is 3.60. The van der Waals surface area contributed by atoms with Crippen LogP contribution in [0.2, 0.25) is 0 Å². The Labute approximate surface area is 93.1 Å². The molecule has 0 aromatic carbocycles. The minimum atomic E-state index is -0.397. The minimum Gasteiger partial charge on any atom is -0.370 e. The highest BCUT2D eigenvalue weighted by molar-refractivity contribution is 5.86. The lowest BCUT2D eigenvalue weighted by atomic mass is 10.2. The summed E-state index contributed by atoms with van der Waals surface area (Å²) in [6.45, 7) is 0.855. The molecule has 3 amide bonds. The first-order chi connectivity index (χ1) is 7.59. The molecule has 1 atom stereocenters. The molecular formula is C9H16N4O3. The normalized spacial score (nSPS) is 20.0. The van der Waals surface area contributed by atoms with Crippen LogP contribution in [0.4, 0.5) is 0 Å². The average molecular weight is 228 g/mol. The van der Waals surface area contributed by atoms with Crippen molar-refractivity contribution in [1.82, 2.24) is 16.0 Å². The van der Waals surface area contributed by atoms with Gasteiger partial charge in [0, 0.05) is 19.5 Å². The number of hydrogen-bond acceptors (Lipinski definition) is 4. The van der Waals surface area contributed by atoms with Crippen molar-refractivity contribution in [1.29, 1.82) is 0 Å². The maximum absolute atomic E-state index is 11.5. The van der Waals surface area contributed by atoms with Crippen LogP contribution in [0.1, 0.15) is 12.8 Å². The van der Waals surface area contributed by atoms with Crippen molar-refractivity contribution >= 4 is 17.7 Å². The largest absolute Gasteiger partial charge is 0.370 e. The number of piperazine rings is 1. The lowest BCUT2D eigenvalue weighted by Gasteiger charge is -2.23. The van der Waals surface area contributed by atoms with Crippen molar-refractivity contribution in [3.05, 3.63) is 0 Å². The van der Waals surface area contributed by atoms with Gasteiger partial charge in [-0.05, 0) is 6.42 Å². The molecule has 1 heterocycles. The molecular weight excluding hydrogens is 212 g/mol. The van der Waals surface area contributed by atoms with Crippen LogP contribution in [0.25, 0.3) is 0 Å². The molecule has 7 heteroatoms. The molecule has 1 rings (SSSR count). The average Bonchev–Trinajstić information content (AvgIpc) is 2.25. The fourth-order valence-electron chi connectivity index (χ4n) is 1.35. The van der Waals surface area contributed by atoms with E-state index in [9.17, 15) is 14.4 Å². The highest BCUT2D eigenvalue weighted by Crippen LogP contribution is 1.90. The van der Waals surface area contributed by atoms with Crippen LogP contribution < -0.4 is 21.7 Å². The molecule has 1 fully saturated rings. The Morgan fingerprint density at radius 3 is 2.81 bits per heavy atom. The van der Waals surface area contributed by atoms with Gasteiger partial charge in [-0.25, -0.2) is 0 Å². The highest BCUT2D eigenvalue weighted by atomic mass is 16.2. The summed E-state index contributed by atoms with van der Waals surface area (Å²) in [5.74, 6) is -0.667. The van der Waals surface area contributed by atoms with Gasteiger partial charge in [-0.2, -0.15) is 0 Å². The van der Waals surface area contributed by atoms with Crippen LogP contribution in [0.5, 0.6) is 0 Å². The Bertz CT molecular complexity index is 282. The second-order valence-electron chi connectivity index (χ2n) is 3.60. The number of carbonyl (C=O) groups excluding carboxylic acids is 3. The quantitative estimate of drug-likeness (QED) is 0.388. The van der Waals surface area contributed by atoms with Crippen molar-refractivity contribution in [3.8, 4) is 0 Å². The second kappa shape index (κ2) is 6.06. The van der Waals surface area contributed by atoms with Crippen molar-refractivity contribution in [2.45, 2.75) is 18.9 Å². The molecule has 0 radical (unpaired) electrons. The zero-order valence-corrected chi connectivity index (χ0v) is 8.91. The van der Waals surface area contributed by atoms with Crippen LogP contribution in [0.15, 0.2) is 0 Å². The van der Waals surface area contributed by atoms with Crippen LogP contribution >= 0.6 is 0 Å². The summed E-state index contributed by atoms with van der Waals surface area (Å²) in [6, 6.07) is -0.397. The first-order valence-corrected chi connectivity index (χ1v) is 5.15. The summed E-state index contributed by atoms with van der Waals surface area (Å²) < 4.78 is 0. The van der Waals surface area contributed by atoms with Crippen LogP contribution in [0.3, 0.4) is 0 Å². The van der Waals surface area contributed by atoms with Crippen molar-refractivity contribution in [3.63, 3.8) is 0 Å². The number of primary amides is 1. The molecule has 0 saturated carbocycles. The number of rotatable bonds is 5. The van der Waals surface area contributed by atoms with Crippen LogP contribution in [-0.4, -0.2) is 43.4 Å². The van der Waals surface area contributed by atoms with Gasteiger partial charge in [0.15, 0.2) is 0 Å². The molecule has 0 spiro atoms. The predicted octanol–water partition coefficient (Wildman–Crippen LogP) is -2.54. The predicted molar refractivity (Wildman–Crippen MR) is 56.2 cm³/mol. The number of amides is 3. The Balaban J connectivity index is 2.15. The number of nitrogens with two attached hydrogens (primary N) is 1. The van der Waals surface area contributed by atoms with E-state index in [1.54, 1.807) is 0 Å². The molecule has 1 saturated heterocycles. The lowest BCUT2D eigenvalue weighted by Crippen LogP contribution is -2.58.